The van der Waals surface area contributed by atoms with E-state index in [1.807, 2.05) is 12.1 Å². The molecule has 12 heavy (non-hydrogen) atoms. The number of rotatable bonds is 1. The van der Waals surface area contributed by atoms with Crippen molar-refractivity contribution in [2.75, 3.05) is 0 Å². The first-order valence-electron chi connectivity index (χ1n) is 3.60. The fourth-order valence-corrected chi connectivity index (χ4v) is 0.948. The van der Waals surface area contributed by atoms with Gasteiger partial charge in [-0.25, -0.2) is 0 Å². The Labute approximate surface area is 70.9 Å². The Kier molecular flexibility index (Phi) is 1.82. The van der Waals surface area contributed by atoms with Gasteiger partial charge in [-0.1, -0.05) is 0 Å². The average molecular weight is 154 g/mol. The minimum atomic E-state index is 0.877. The first-order valence-corrected chi connectivity index (χ1v) is 3.60. The van der Waals surface area contributed by atoms with E-state index in [-0.39, 0.29) is 0 Å². The van der Waals surface area contributed by atoms with Crippen LogP contribution >= 0.6 is 0 Å². The van der Waals surface area contributed by atoms with Crippen LogP contribution in [0.25, 0.3) is 11.3 Å². The van der Waals surface area contributed by atoms with Gasteiger partial charge < -0.3 is 0 Å². The van der Waals surface area contributed by atoms with Gasteiger partial charge >= 0.3 is 0 Å². The van der Waals surface area contributed by atoms with Crippen LogP contribution < -0.4 is 0 Å². The predicted octanol–water partition coefficient (Wildman–Crippen LogP) is 1.74. The molecule has 0 bridgehead atoms. The van der Waals surface area contributed by atoms with E-state index < -0.39 is 0 Å². The normalized spacial score (nSPS) is 9.67. The topological polar surface area (TPSA) is 25.8 Å². The summed E-state index contributed by atoms with van der Waals surface area (Å²) < 4.78 is 0. The van der Waals surface area contributed by atoms with E-state index in [9.17, 15) is 0 Å². The predicted molar refractivity (Wildman–Crippen MR) is 45.1 cm³/mol. The molecule has 2 radical (unpaired) electrons. The van der Waals surface area contributed by atoms with Crippen molar-refractivity contribution in [2.24, 2.45) is 0 Å². The Bertz CT molecular complexity index is 305. The van der Waals surface area contributed by atoms with Crippen LogP contribution in [0, 0.1) is 12.1 Å². The molecule has 2 aromatic rings. The highest BCUT2D eigenvalue weighted by Crippen LogP contribution is 2.12. The molecule has 0 spiro atoms. The molecule has 0 aliphatic carbocycles. The van der Waals surface area contributed by atoms with Crippen molar-refractivity contribution in [1.29, 1.82) is 0 Å². The molecule has 2 heterocycles. The highest BCUT2D eigenvalue weighted by Gasteiger charge is 1.94. The Balaban J connectivity index is 2.46. The maximum absolute atomic E-state index is 4.16. The van der Waals surface area contributed by atoms with E-state index >= 15 is 0 Å². The fourth-order valence-electron chi connectivity index (χ4n) is 0.948. The highest BCUT2D eigenvalue weighted by atomic mass is 14.7. The van der Waals surface area contributed by atoms with Crippen LogP contribution in [-0.4, -0.2) is 9.97 Å². The van der Waals surface area contributed by atoms with Crippen molar-refractivity contribution in [3.8, 4) is 11.3 Å². The first kappa shape index (κ1) is 6.98. The van der Waals surface area contributed by atoms with Gasteiger partial charge in [-0.3, -0.25) is 9.97 Å². The summed E-state index contributed by atoms with van der Waals surface area (Å²) in [5.74, 6) is 0. The van der Waals surface area contributed by atoms with Crippen LogP contribution in [0.1, 0.15) is 0 Å². The molecule has 0 saturated carbocycles. The number of aromatic nitrogens is 2. The molecule has 0 N–H and O–H groups in total. The molecule has 0 aliphatic heterocycles. The first-order chi connectivity index (χ1) is 5.97. The van der Waals surface area contributed by atoms with Gasteiger partial charge in [0.25, 0.3) is 0 Å². The summed E-state index contributed by atoms with van der Waals surface area (Å²) >= 11 is 0. The minimum absolute atomic E-state index is 0.877. The molecule has 2 heteroatoms. The van der Waals surface area contributed by atoms with Crippen LogP contribution in [-0.2, 0) is 0 Å². The second kappa shape index (κ2) is 3.13. The molecule has 2 aromatic heterocycles. The van der Waals surface area contributed by atoms with Gasteiger partial charge in [0.1, 0.15) is 0 Å². The maximum Gasteiger partial charge on any atom is 0.0723 e. The smallest absolute Gasteiger partial charge is 0.0723 e. The quantitative estimate of drug-likeness (QED) is 0.625. The Hall–Kier alpha value is -1.70. The van der Waals surface area contributed by atoms with Crippen LogP contribution in [0.2, 0.25) is 0 Å². The zero-order valence-corrected chi connectivity index (χ0v) is 6.36. The summed E-state index contributed by atoms with van der Waals surface area (Å²) in [7, 11) is 0. The van der Waals surface area contributed by atoms with Gasteiger partial charge in [0.15, 0.2) is 0 Å². The van der Waals surface area contributed by atoms with Crippen molar-refractivity contribution in [2.45, 2.75) is 0 Å². The van der Waals surface area contributed by atoms with Crippen LogP contribution in [0.5, 0.6) is 0 Å². The molecule has 0 saturated heterocycles. The maximum atomic E-state index is 4.16. The third-order valence-electron chi connectivity index (χ3n) is 1.50. The second-order valence-electron chi connectivity index (χ2n) is 2.31. The molecule has 0 aliphatic rings. The number of nitrogens with zero attached hydrogens (tertiary/aromatic N) is 2. The Morgan fingerprint density at radius 3 is 2.83 bits per heavy atom. The van der Waals surface area contributed by atoms with Crippen molar-refractivity contribution < 1.29 is 0 Å². The molecule has 56 valence electrons. The van der Waals surface area contributed by atoms with Gasteiger partial charge in [0, 0.05) is 30.2 Å². The summed E-state index contributed by atoms with van der Waals surface area (Å²) in [4.78, 5) is 8.11. The van der Waals surface area contributed by atoms with E-state index in [0.717, 1.165) is 11.3 Å². The molecule has 0 amide bonds. The molecule has 0 unspecified atom stereocenters. The molecule has 0 aromatic carbocycles. The lowest BCUT2D eigenvalue weighted by molar-refractivity contribution is 1.27. The highest BCUT2D eigenvalue weighted by molar-refractivity contribution is 5.56. The van der Waals surface area contributed by atoms with E-state index in [0.29, 0.717) is 0 Å². The summed E-state index contributed by atoms with van der Waals surface area (Å²) in [6.07, 6.45) is 5.09. The van der Waals surface area contributed by atoms with Crippen molar-refractivity contribution in [3.05, 3.63) is 48.9 Å². The largest absolute Gasteiger partial charge is 0.263 e. The van der Waals surface area contributed by atoms with Gasteiger partial charge in [0.05, 0.1) is 5.69 Å². The molecule has 0 fully saturated rings. The zero-order chi connectivity index (χ0) is 8.23. The average Bonchev–Trinajstić information content (AvgIpc) is 2.21. The summed E-state index contributed by atoms with van der Waals surface area (Å²) in [6, 6.07) is 11.3. The summed E-state index contributed by atoms with van der Waals surface area (Å²) in [5, 5.41) is 0. The summed E-state index contributed by atoms with van der Waals surface area (Å²) in [6.45, 7) is 0. The molecular formula is C10H6N2. The summed E-state index contributed by atoms with van der Waals surface area (Å²) in [5.41, 5.74) is 1.84. The van der Waals surface area contributed by atoms with E-state index in [4.69, 9.17) is 0 Å². The van der Waals surface area contributed by atoms with Gasteiger partial charge in [-0.15, -0.1) is 0 Å². The van der Waals surface area contributed by atoms with Gasteiger partial charge in [-0.2, -0.15) is 0 Å². The fraction of sp³-hybridized carbons (Fsp3) is 0. The van der Waals surface area contributed by atoms with E-state index in [1.165, 1.54) is 0 Å². The standard InChI is InChI=1S/C10H6N2/c1-2-7-12-10(5-1)9-4-3-6-11-8-9/h2,4-8H. The Morgan fingerprint density at radius 1 is 1.17 bits per heavy atom. The SMILES string of the molecule is [c]1cncc(-c2c[c]ccn2)c1. The lowest BCUT2D eigenvalue weighted by Crippen LogP contribution is -1.81. The van der Waals surface area contributed by atoms with Crippen molar-refractivity contribution >= 4 is 0 Å². The van der Waals surface area contributed by atoms with E-state index in [2.05, 4.69) is 22.1 Å². The second-order valence-corrected chi connectivity index (χ2v) is 2.31. The molecular weight excluding hydrogens is 148 g/mol. The Morgan fingerprint density at radius 2 is 2.17 bits per heavy atom. The number of hydrogen-bond acceptors (Lipinski definition) is 2. The van der Waals surface area contributed by atoms with Crippen molar-refractivity contribution in [1.82, 2.24) is 9.97 Å². The zero-order valence-electron chi connectivity index (χ0n) is 6.36. The monoisotopic (exact) mass is 154 g/mol. The van der Waals surface area contributed by atoms with Crippen LogP contribution in [0.3, 0.4) is 0 Å². The van der Waals surface area contributed by atoms with E-state index in [1.54, 1.807) is 24.7 Å². The van der Waals surface area contributed by atoms with Gasteiger partial charge in [0.2, 0.25) is 0 Å². The third-order valence-corrected chi connectivity index (χ3v) is 1.50. The number of pyridine rings is 2. The molecule has 2 rings (SSSR count). The third kappa shape index (κ3) is 1.32. The van der Waals surface area contributed by atoms with Crippen molar-refractivity contribution in [3.63, 3.8) is 0 Å². The molecule has 0 atom stereocenters. The molecule has 2 nitrogen and oxygen atoms in total. The minimum Gasteiger partial charge on any atom is -0.263 e. The number of hydrogen-bond donors (Lipinski definition) is 0. The lowest BCUT2D eigenvalue weighted by atomic mass is 10.2. The lowest BCUT2D eigenvalue weighted by Gasteiger charge is -1.96. The van der Waals surface area contributed by atoms with Crippen LogP contribution in [0.4, 0.5) is 0 Å². The van der Waals surface area contributed by atoms with Gasteiger partial charge in [-0.05, 0) is 24.3 Å². The van der Waals surface area contributed by atoms with Crippen LogP contribution in [0.15, 0.2) is 36.8 Å².